The van der Waals surface area contributed by atoms with Gasteiger partial charge >= 0.3 is 5.69 Å². The van der Waals surface area contributed by atoms with Crippen molar-refractivity contribution in [3.8, 4) is 0 Å². The van der Waals surface area contributed by atoms with Gasteiger partial charge in [0.15, 0.2) is 0 Å². The minimum absolute atomic E-state index is 0.0147. The van der Waals surface area contributed by atoms with Crippen LogP contribution in [0, 0.1) is 17.0 Å². The van der Waals surface area contributed by atoms with Crippen molar-refractivity contribution in [3.63, 3.8) is 0 Å². The summed E-state index contributed by atoms with van der Waals surface area (Å²) in [6.45, 7) is 3.62. The summed E-state index contributed by atoms with van der Waals surface area (Å²) in [5, 5.41) is 14.1. The average molecular weight is 261 g/mol. The molecule has 1 unspecified atom stereocenters. The van der Waals surface area contributed by atoms with E-state index in [4.69, 9.17) is 4.42 Å². The number of nitrogens with one attached hydrogen (secondary N) is 1. The molecule has 0 radical (unpaired) electrons. The highest BCUT2D eigenvalue weighted by atomic mass is 16.6. The Hall–Kier alpha value is -2.37. The van der Waals surface area contributed by atoms with Gasteiger partial charge in [0.1, 0.15) is 5.76 Å². The van der Waals surface area contributed by atoms with E-state index in [2.05, 4.69) is 10.3 Å². The molecule has 0 bridgehead atoms. The molecule has 2 heterocycles. The van der Waals surface area contributed by atoms with E-state index >= 15 is 0 Å². The van der Waals surface area contributed by atoms with Gasteiger partial charge in [-0.2, -0.15) is 0 Å². The summed E-state index contributed by atoms with van der Waals surface area (Å²) in [6.07, 6.45) is 3.81. The summed E-state index contributed by atoms with van der Waals surface area (Å²) in [5.74, 6) is 1.12. The van der Waals surface area contributed by atoms with Crippen molar-refractivity contribution in [2.45, 2.75) is 26.3 Å². The number of furan rings is 1. The van der Waals surface area contributed by atoms with E-state index in [-0.39, 0.29) is 11.7 Å². The average Bonchev–Trinajstić information content (AvgIpc) is 2.81. The van der Waals surface area contributed by atoms with Gasteiger partial charge in [-0.25, -0.2) is 4.98 Å². The first-order chi connectivity index (χ1) is 9.08. The molecular formula is C13H15N3O3. The van der Waals surface area contributed by atoms with Crippen LogP contribution >= 0.6 is 0 Å². The Morgan fingerprint density at radius 1 is 1.53 bits per heavy atom. The highest BCUT2D eigenvalue weighted by molar-refractivity contribution is 5.60. The van der Waals surface area contributed by atoms with Crippen LogP contribution in [0.2, 0.25) is 0 Å². The molecule has 0 spiro atoms. The molecular weight excluding hydrogens is 246 g/mol. The first-order valence-corrected chi connectivity index (χ1v) is 5.97. The molecule has 0 aromatic carbocycles. The van der Waals surface area contributed by atoms with Gasteiger partial charge in [0.25, 0.3) is 0 Å². The third-order valence-corrected chi connectivity index (χ3v) is 2.78. The van der Waals surface area contributed by atoms with Crippen molar-refractivity contribution in [1.82, 2.24) is 4.98 Å². The summed E-state index contributed by atoms with van der Waals surface area (Å²) in [5.41, 5.74) is 0.612. The van der Waals surface area contributed by atoms with Crippen LogP contribution < -0.4 is 5.32 Å². The Balaban J connectivity index is 2.14. The highest BCUT2D eigenvalue weighted by Gasteiger charge is 2.20. The van der Waals surface area contributed by atoms with Crippen LogP contribution in [0.1, 0.15) is 18.2 Å². The molecule has 100 valence electrons. The van der Waals surface area contributed by atoms with Crippen LogP contribution in [-0.2, 0) is 6.42 Å². The highest BCUT2D eigenvalue weighted by Crippen LogP contribution is 2.26. The van der Waals surface area contributed by atoms with Crippen LogP contribution in [0.5, 0.6) is 0 Å². The SMILES string of the molecule is Cc1ccnc(NC(C)Cc2ccco2)c1[N+](=O)[O-]. The molecule has 2 rings (SSSR count). The number of nitrogens with zero attached hydrogens (tertiary/aromatic N) is 2. The van der Waals surface area contributed by atoms with Crippen molar-refractivity contribution >= 4 is 11.5 Å². The number of hydrogen-bond donors (Lipinski definition) is 1. The molecule has 2 aromatic heterocycles. The number of aryl methyl sites for hydroxylation is 1. The number of aromatic nitrogens is 1. The fraction of sp³-hybridized carbons (Fsp3) is 0.308. The molecule has 2 aromatic rings. The zero-order chi connectivity index (χ0) is 13.8. The molecule has 19 heavy (non-hydrogen) atoms. The van der Waals surface area contributed by atoms with Crippen molar-refractivity contribution < 1.29 is 9.34 Å². The quantitative estimate of drug-likeness (QED) is 0.661. The predicted octanol–water partition coefficient (Wildman–Crippen LogP) is 2.93. The fourth-order valence-electron chi connectivity index (χ4n) is 1.90. The molecule has 0 saturated carbocycles. The van der Waals surface area contributed by atoms with E-state index in [1.54, 1.807) is 25.5 Å². The summed E-state index contributed by atoms with van der Waals surface area (Å²) in [7, 11) is 0. The lowest BCUT2D eigenvalue weighted by molar-refractivity contribution is -0.384. The molecule has 0 aliphatic heterocycles. The van der Waals surface area contributed by atoms with E-state index in [9.17, 15) is 10.1 Å². The third kappa shape index (κ3) is 3.09. The monoisotopic (exact) mass is 261 g/mol. The van der Waals surface area contributed by atoms with Gasteiger partial charge in [-0.3, -0.25) is 10.1 Å². The standard InChI is InChI=1S/C13H15N3O3/c1-9-5-6-14-13(12(9)16(17)18)15-10(2)8-11-4-3-7-19-11/h3-7,10H,8H2,1-2H3,(H,14,15). The number of rotatable bonds is 5. The molecule has 6 nitrogen and oxygen atoms in total. The second kappa shape index (κ2) is 5.51. The van der Waals surface area contributed by atoms with Gasteiger partial charge in [0.05, 0.1) is 11.2 Å². The molecule has 0 amide bonds. The largest absolute Gasteiger partial charge is 0.469 e. The Kier molecular flexibility index (Phi) is 3.79. The number of anilines is 1. The van der Waals surface area contributed by atoms with Gasteiger partial charge in [-0.05, 0) is 32.0 Å². The van der Waals surface area contributed by atoms with Crippen LogP contribution in [0.4, 0.5) is 11.5 Å². The van der Waals surface area contributed by atoms with E-state index in [1.165, 1.54) is 0 Å². The zero-order valence-corrected chi connectivity index (χ0v) is 10.8. The minimum atomic E-state index is -0.412. The third-order valence-electron chi connectivity index (χ3n) is 2.78. The Labute approximate surface area is 110 Å². The van der Waals surface area contributed by atoms with Gasteiger partial charge in [0.2, 0.25) is 5.82 Å². The van der Waals surface area contributed by atoms with Gasteiger partial charge in [-0.15, -0.1) is 0 Å². The molecule has 0 saturated heterocycles. The van der Waals surface area contributed by atoms with Crippen molar-refractivity contribution in [2.75, 3.05) is 5.32 Å². The lowest BCUT2D eigenvalue weighted by atomic mass is 10.2. The smallest absolute Gasteiger partial charge is 0.314 e. The molecule has 0 aliphatic carbocycles. The van der Waals surface area contributed by atoms with Crippen LogP contribution in [0.25, 0.3) is 0 Å². The second-order valence-electron chi connectivity index (χ2n) is 4.41. The summed E-state index contributed by atoms with van der Waals surface area (Å²) >= 11 is 0. The normalized spacial score (nSPS) is 12.1. The maximum absolute atomic E-state index is 11.0. The van der Waals surface area contributed by atoms with E-state index < -0.39 is 4.92 Å². The van der Waals surface area contributed by atoms with Crippen LogP contribution in [0.15, 0.2) is 35.1 Å². The lowest BCUT2D eigenvalue weighted by Crippen LogP contribution is -2.19. The lowest BCUT2D eigenvalue weighted by Gasteiger charge is -2.13. The van der Waals surface area contributed by atoms with Crippen molar-refractivity contribution in [1.29, 1.82) is 0 Å². The first kappa shape index (κ1) is 13.1. The van der Waals surface area contributed by atoms with Crippen molar-refractivity contribution in [3.05, 3.63) is 52.1 Å². The Morgan fingerprint density at radius 2 is 2.32 bits per heavy atom. The number of nitro groups is 1. The van der Waals surface area contributed by atoms with Gasteiger partial charge in [-0.1, -0.05) is 0 Å². The molecule has 1 N–H and O–H groups in total. The second-order valence-corrected chi connectivity index (χ2v) is 4.41. The molecule has 1 atom stereocenters. The summed E-state index contributed by atoms with van der Waals surface area (Å²) < 4.78 is 5.25. The Morgan fingerprint density at radius 3 is 2.95 bits per heavy atom. The summed E-state index contributed by atoms with van der Waals surface area (Å²) in [4.78, 5) is 14.7. The van der Waals surface area contributed by atoms with Crippen LogP contribution in [-0.4, -0.2) is 15.9 Å². The van der Waals surface area contributed by atoms with E-state index in [0.717, 1.165) is 5.76 Å². The maximum atomic E-state index is 11.0. The molecule has 6 heteroatoms. The van der Waals surface area contributed by atoms with Crippen LogP contribution in [0.3, 0.4) is 0 Å². The number of pyridine rings is 1. The van der Waals surface area contributed by atoms with E-state index in [1.807, 2.05) is 19.1 Å². The summed E-state index contributed by atoms with van der Waals surface area (Å²) in [6, 6.07) is 5.30. The Bertz CT molecular complexity index is 567. The molecule has 0 aliphatic rings. The van der Waals surface area contributed by atoms with Gasteiger partial charge < -0.3 is 9.73 Å². The number of hydrogen-bond acceptors (Lipinski definition) is 5. The molecule has 0 fully saturated rings. The fourth-order valence-corrected chi connectivity index (χ4v) is 1.90. The minimum Gasteiger partial charge on any atom is -0.469 e. The van der Waals surface area contributed by atoms with Gasteiger partial charge in [0, 0.05) is 24.2 Å². The first-order valence-electron chi connectivity index (χ1n) is 5.97. The maximum Gasteiger partial charge on any atom is 0.314 e. The zero-order valence-electron chi connectivity index (χ0n) is 10.8. The topological polar surface area (TPSA) is 81.2 Å². The predicted molar refractivity (Wildman–Crippen MR) is 71.1 cm³/mol. The van der Waals surface area contributed by atoms with Crippen molar-refractivity contribution in [2.24, 2.45) is 0 Å². The van der Waals surface area contributed by atoms with E-state index in [0.29, 0.717) is 17.8 Å².